The molecule has 0 saturated heterocycles. The number of hydrogen-bond acceptors (Lipinski definition) is 1. The average molecular weight is 204 g/mol. The van der Waals surface area contributed by atoms with Gasteiger partial charge in [-0.1, -0.05) is 13.8 Å². The van der Waals surface area contributed by atoms with Gasteiger partial charge in [-0.05, 0) is 19.9 Å². The van der Waals surface area contributed by atoms with Gasteiger partial charge in [0.2, 0.25) is 0 Å². The summed E-state index contributed by atoms with van der Waals surface area (Å²) in [7, 11) is 0. The van der Waals surface area contributed by atoms with Gasteiger partial charge >= 0.3 is 0 Å². The lowest BCUT2D eigenvalue weighted by molar-refractivity contribution is -0.0000429. The molecule has 0 amide bonds. The van der Waals surface area contributed by atoms with Crippen LogP contribution < -0.4 is 0 Å². The Kier molecular flexibility index (Phi) is 4.74. The Morgan fingerprint density at radius 3 is 2.14 bits per heavy atom. The first kappa shape index (κ1) is 13.1. The summed E-state index contributed by atoms with van der Waals surface area (Å²) in [5.41, 5.74) is 1.55. The van der Waals surface area contributed by atoms with Gasteiger partial charge in [0.15, 0.2) is 0 Å². The predicted molar refractivity (Wildman–Crippen MR) is 53.7 cm³/mol. The molecule has 0 spiro atoms. The number of alkyl halides is 2. The summed E-state index contributed by atoms with van der Waals surface area (Å²) in [6.45, 7) is 8.11. The number of aryl methyl sites for hydroxylation is 2. The summed E-state index contributed by atoms with van der Waals surface area (Å²) in [5, 5.41) is 3.93. The lowest BCUT2D eigenvalue weighted by atomic mass is 10.3. The van der Waals surface area contributed by atoms with Crippen LogP contribution >= 0.6 is 0 Å². The highest BCUT2D eigenvalue weighted by molar-refractivity contribution is 5.06. The Balaban J connectivity index is 0.000000791. The van der Waals surface area contributed by atoms with Crippen molar-refractivity contribution >= 4 is 0 Å². The van der Waals surface area contributed by atoms with E-state index in [-0.39, 0.29) is 6.54 Å². The Bertz CT molecular complexity index is 274. The molecule has 4 heteroatoms. The lowest BCUT2D eigenvalue weighted by Gasteiger charge is -2.10. The zero-order valence-corrected chi connectivity index (χ0v) is 9.43. The molecule has 1 aromatic heterocycles. The third-order valence-corrected chi connectivity index (χ3v) is 1.53. The standard InChI is InChI=1S/C8H12F2N2.C2H6/c1-6-4-7(2)12(11-6)5-8(3,9)10;1-2/h4H,5H2,1-3H3;1-2H3. The average Bonchev–Trinajstić information content (AvgIpc) is 2.31. The molecular formula is C10H18F2N2. The molecule has 0 atom stereocenters. The Morgan fingerprint density at radius 2 is 1.86 bits per heavy atom. The second kappa shape index (κ2) is 5.08. The number of rotatable bonds is 2. The van der Waals surface area contributed by atoms with Crippen LogP contribution in [0, 0.1) is 13.8 Å². The molecule has 0 saturated carbocycles. The van der Waals surface area contributed by atoms with Crippen molar-refractivity contribution in [2.75, 3.05) is 0 Å². The van der Waals surface area contributed by atoms with E-state index in [2.05, 4.69) is 5.10 Å². The molecule has 1 heterocycles. The van der Waals surface area contributed by atoms with Crippen molar-refractivity contribution < 1.29 is 8.78 Å². The third kappa shape index (κ3) is 4.35. The first-order valence-electron chi connectivity index (χ1n) is 4.77. The van der Waals surface area contributed by atoms with Crippen molar-refractivity contribution in [3.8, 4) is 0 Å². The smallest absolute Gasteiger partial charge is 0.264 e. The van der Waals surface area contributed by atoms with Gasteiger partial charge in [0.05, 0.1) is 5.69 Å². The molecule has 1 aromatic rings. The third-order valence-electron chi connectivity index (χ3n) is 1.53. The Morgan fingerprint density at radius 1 is 1.36 bits per heavy atom. The van der Waals surface area contributed by atoms with E-state index in [0.29, 0.717) is 0 Å². The molecule has 2 nitrogen and oxygen atoms in total. The molecule has 0 radical (unpaired) electrons. The van der Waals surface area contributed by atoms with Crippen LogP contribution in [-0.4, -0.2) is 15.7 Å². The molecule has 14 heavy (non-hydrogen) atoms. The highest BCUT2D eigenvalue weighted by Gasteiger charge is 2.22. The summed E-state index contributed by atoms with van der Waals surface area (Å²) >= 11 is 0. The van der Waals surface area contributed by atoms with Crippen molar-refractivity contribution in [2.24, 2.45) is 0 Å². The van der Waals surface area contributed by atoms with E-state index in [0.717, 1.165) is 18.3 Å². The molecule has 0 unspecified atom stereocenters. The summed E-state index contributed by atoms with van der Waals surface area (Å²) in [4.78, 5) is 0. The maximum atomic E-state index is 12.5. The highest BCUT2D eigenvalue weighted by Crippen LogP contribution is 2.15. The maximum absolute atomic E-state index is 12.5. The summed E-state index contributed by atoms with van der Waals surface area (Å²) < 4.78 is 26.4. The summed E-state index contributed by atoms with van der Waals surface area (Å²) in [6, 6.07) is 1.78. The van der Waals surface area contributed by atoms with Gasteiger partial charge in [-0.3, -0.25) is 4.68 Å². The number of nitrogens with zero attached hydrogens (tertiary/aromatic N) is 2. The maximum Gasteiger partial charge on any atom is 0.264 e. The second-order valence-corrected chi connectivity index (χ2v) is 3.15. The van der Waals surface area contributed by atoms with Crippen molar-refractivity contribution in [1.82, 2.24) is 9.78 Å². The Labute approximate surface area is 83.9 Å². The van der Waals surface area contributed by atoms with Crippen LogP contribution in [0.5, 0.6) is 0 Å². The molecular weight excluding hydrogens is 186 g/mol. The van der Waals surface area contributed by atoms with E-state index in [1.165, 1.54) is 4.68 Å². The molecule has 0 aromatic carbocycles. The van der Waals surface area contributed by atoms with E-state index in [9.17, 15) is 8.78 Å². The van der Waals surface area contributed by atoms with E-state index < -0.39 is 5.92 Å². The monoisotopic (exact) mass is 204 g/mol. The topological polar surface area (TPSA) is 17.8 Å². The fourth-order valence-corrected chi connectivity index (χ4v) is 1.10. The van der Waals surface area contributed by atoms with Crippen LogP contribution in [-0.2, 0) is 6.54 Å². The zero-order chi connectivity index (χ0) is 11.4. The molecule has 0 N–H and O–H groups in total. The highest BCUT2D eigenvalue weighted by atomic mass is 19.3. The number of aromatic nitrogens is 2. The molecule has 0 aliphatic heterocycles. The summed E-state index contributed by atoms with van der Waals surface area (Å²) in [5.74, 6) is -2.69. The van der Waals surface area contributed by atoms with Crippen LogP contribution in [0.25, 0.3) is 0 Å². The molecule has 0 aliphatic carbocycles. The Hall–Kier alpha value is -0.930. The van der Waals surface area contributed by atoms with Crippen LogP contribution in [0.2, 0.25) is 0 Å². The van der Waals surface area contributed by atoms with Crippen molar-refractivity contribution in [1.29, 1.82) is 0 Å². The fourth-order valence-electron chi connectivity index (χ4n) is 1.10. The lowest BCUT2D eigenvalue weighted by Crippen LogP contribution is -2.20. The van der Waals surface area contributed by atoms with Crippen LogP contribution in [0.1, 0.15) is 32.2 Å². The van der Waals surface area contributed by atoms with Crippen molar-refractivity contribution in [3.63, 3.8) is 0 Å². The molecule has 0 aliphatic rings. The minimum atomic E-state index is -2.69. The van der Waals surface area contributed by atoms with Gasteiger partial charge in [0.1, 0.15) is 6.54 Å². The molecule has 1 rings (SSSR count). The van der Waals surface area contributed by atoms with Gasteiger partial charge in [0.25, 0.3) is 5.92 Å². The van der Waals surface area contributed by atoms with E-state index >= 15 is 0 Å². The normalized spacial score (nSPS) is 10.8. The molecule has 82 valence electrons. The van der Waals surface area contributed by atoms with E-state index in [1.807, 2.05) is 13.8 Å². The number of halogens is 2. The minimum Gasteiger partial charge on any atom is -0.264 e. The van der Waals surface area contributed by atoms with Gasteiger partial charge < -0.3 is 0 Å². The summed E-state index contributed by atoms with van der Waals surface area (Å²) in [6.07, 6.45) is 0. The SMILES string of the molecule is CC.Cc1cc(C)n(CC(C)(F)F)n1. The molecule has 0 fully saturated rings. The van der Waals surface area contributed by atoms with Gasteiger partial charge in [-0.25, -0.2) is 8.78 Å². The number of hydrogen-bond donors (Lipinski definition) is 0. The van der Waals surface area contributed by atoms with Crippen LogP contribution in [0.3, 0.4) is 0 Å². The van der Waals surface area contributed by atoms with Gasteiger partial charge in [-0.15, -0.1) is 0 Å². The fraction of sp³-hybridized carbons (Fsp3) is 0.700. The zero-order valence-electron chi connectivity index (χ0n) is 9.43. The minimum absolute atomic E-state index is 0.341. The van der Waals surface area contributed by atoms with Gasteiger partial charge in [-0.2, -0.15) is 5.10 Å². The first-order chi connectivity index (χ1) is 6.38. The first-order valence-corrected chi connectivity index (χ1v) is 4.77. The largest absolute Gasteiger partial charge is 0.264 e. The second-order valence-electron chi connectivity index (χ2n) is 3.15. The van der Waals surface area contributed by atoms with E-state index in [4.69, 9.17) is 0 Å². The molecule has 0 bridgehead atoms. The van der Waals surface area contributed by atoms with E-state index in [1.54, 1.807) is 19.9 Å². The van der Waals surface area contributed by atoms with Crippen LogP contribution in [0.4, 0.5) is 8.78 Å². The van der Waals surface area contributed by atoms with Crippen molar-refractivity contribution in [2.45, 2.75) is 47.1 Å². The van der Waals surface area contributed by atoms with Crippen LogP contribution in [0.15, 0.2) is 6.07 Å². The predicted octanol–water partition coefficient (Wildman–Crippen LogP) is 3.18. The van der Waals surface area contributed by atoms with Gasteiger partial charge in [0, 0.05) is 12.6 Å². The quantitative estimate of drug-likeness (QED) is 0.723. The van der Waals surface area contributed by atoms with Crippen molar-refractivity contribution in [3.05, 3.63) is 17.5 Å².